The molecule has 0 unspecified atom stereocenters. The molecule has 0 saturated carbocycles. The van der Waals surface area contributed by atoms with Crippen molar-refractivity contribution in [2.75, 3.05) is 18.0 Å². The molecule has 0 radical (unpaired) electrons. The molecule has 3 heterocycles. The maximum Gasteiger partial charge on any atom is 0.419 e. The minimum absolute atomic E-state index is 0.0571. The lowest BCUT2D eigenvalue weighted by Crippen LogP contribution is -2.39. The van der Waals surface area contributed by atoms with Gasteiger partial charge < -0.3 is 15.4 Å². The second-order valence-electron chi connectivity index (χ2n) is 5.92. The summed E-state index contributed by atoms with van der Waals surface area (Å²) >= 11 is 0. The van der Waals surface area contributed by atoms with Crippen molar-refractivity contribution >= 4 is 11.7 Å². The van der Waals surface area contributed by atoms with Gasteiger partial charge in [-0.1, -0.05) is 0 Å². The fourth-order valence-electron chi connectivity index (χ4n) is 2.87. The normalized spacial score (nSPS) is 15.7. The van der Waals surface area contributed by atoms with Crippen LogP contribution in [-0.2, 0) is 6.18 Å². The molecular formula is C17H17F3N4O2. The highest BCUT2D eigenvalue weighted by atomic mass is 19.4. The van der Waals surface area contributed by atoms with Crippen molar-refractivity contribution in [1.82, 2.24) is 9.97 Å². The van der Waals surface area contributed by atoms with Gasteiger partial charge in [0.05, 0.1) is 5.56 Å². The Morgan fingerprint density at radius 3 is 2.58 bits per heavy atom. The number of anilines is 1. The van der Waals surface area contributed by atoms with E-state index in [0.717, 1.165) is 6.07 Å². The Bertz CT molecular complexity index is 790. The van der Waals surface area contributed by atoms with Crippen molar-refractivity contribution in [2.45, 2.75) is 25.1 Å². The van der Waals surface area contributed by atoms with E-state index in [2.05, 4.69) is 9.97 Å². The van der Waals surface area contributed by atoms with E-state index in [9.17, 15) is 18.0 Å². The molecule has 0 aliphatic carbocycles. The third-order valence-electron chi connectivity index (χ3n) is 4.12. The molecule has 1 fully saturated rings. The number of nitrogens with zero attached hydrogens (tertiary/aromatic N) is 3. The summed E-state index contributed by atoms with van der Waals surface area (Å²) < 4.78 is 45.2. The van der Waals surface area contributed by atoms with Gasteiger partial charge in [-0.15, -0.1) is 0 Å². The number of aromatic nitrogens is 2. The molecule has 0 spiro atoms. The number of carbonyl (C=O) groups is 1. The van der Waals surface area contributed by atoms with Crippen LogP contribution in [0.1, 0.15) is 28.9 Å². The van der Waals surface area contributed by atoms with Crippen LogP contribution < -0.4 is 15.4 Å². The Kier molecular flexibility index (Phi) is 4.97. The highest BCUT2D eigenvalue weighted by Gasteiger charge is 2.36. The van der Waals surface area contributed by atoms with Crippen molar-refractivity contribution in [3.05, 3.63) is 47.9 Å². The summed E-state index contributed by atoms with van der Waals surface area (Å²) in [5, 5.41) is 0. The molecule has 1 aliphatic heterocycles. The Morgan fingerprint density at radius 2 is 1.92 bits per heavy atom. The number of hydrogen-bond acceptors (Lipinski definition) is 5. The predicted molar refractivity (Wildman–Crippen MR) is 87.9 cm³/mol. The first-order valence-electron chi connectivity index (χ1n) is 8.04. The summed E-state index contributed by atoms with van der Waals surface area (Å²) in [6.07, 6.45) is -0.778. The molecule has 2 aromatic heterocycles. The van der Waals surface area contributed by atoms with Crippen LogP contribution in [0.2, 0.25) is 0 Å². The number of amides is 1. The molecule has 2 N–H and O–H groups in total. The lowest BCUT2D eigenvalue weighted by molar-refractivity contribution is -0.137. The molecule has 9 heteroatoms. The maximum atomic E-state index is 13.1. The number of pyridine rings is 2. The van der Waals surface area contributed by atoms with Crippen molar-refractivity contribution in [1.29, 1.82) is 0 Å². The minimum atomic E-state index is -4.45. The smallest absolute Gasteiger partial charge is 0.419 e. The quantitative estimate of drug-likeness (QED) is 0.900. The van der Waals surface area contributed by atoms with Gasteiger partial charge in [-0.05, 0) is 18.2 Å². The van der Waals surface area contributed by atoms with Gasteiger partial charge in [-0.25, -0.2) is 4.98 Å². The van der Waals surface area contributed by atoms with Gasteiger partial charge in [0.2, 0.25) is 0 Å². The van der Waals surface area contributed by atoms with Gasteiger partial charge in [-0.2, -0.15) is 13.2 Å². The van der Waals surface area contributed by atoms with Gasteiger partial charge in [0.25, 0.3) is 5.91 Å². The SMILES string of the molecule is NC(=O)c1cc(OC2CCN(c3ncccc3C(F)(F)F)CC2)ccn1. The highest BCUT2D eigenvalue weighted by molar-refractivity contribution is 5.91. The van der Waals surface area contributed by atoms with E-state index >= 15 is 0 Å². The van der Waals surface area contributed by atoms with Crippen LogP contribution in [-0.4, -0.2) is 35.1 Å². The number of primary amides is 1. The fraction of sp³-hybridized carbons (Fsp3) is 0.353. The van der Waals surface area contributed by atoms with Crippen LogP contribution in [0.25, 0.3) is 0 Å². The number of halogens is 3. The van der Waals surface area contributed by atoms with Crippen LogP contribution in [0.3, 0.4) is 0 Å². The van der Waals surface area contributed by atoms with E-state index in [1.165, 1.54) is 24.5 Å². The van der Waals surface area contributed by atoms with Gasteiger partial charge in [-0.3, -0.25) is 9.78 Å². The zero-order valence-corrected chi connectivity index (χ0v) is 13.7. The maximum absolute atomic E-state index is 13.1. The van der Waals surface area contributed by atoms with Gasteiger partial charge in [0.15, 0.2) is 0 Å². The van der Waals surface area contributed by atoms with E-state index < -0.39 is 17.6 Å². The van der Waals surface area contributed by atoms with Gasteiger partial charge in [0, 0.05) is 44.4 Å². The molecule has 0 aromatic carbocycles. The van der Waals surface area contributed by atoms with Crippen LogP contribution in [0, 0.1) is 0 Å². The molecule has 2 aromatic rings. The topological polar surface area (TPSA) is 81.3 Å². The second kappa shape index (κ2) is 7.19. The van der Waals surface area contributed by atoms with Crippen molar-refractivity contribution in [3.8, 4) is 5.75 Å². The summed E-state index contributed by atoms with van der Waals surface area (Å²) in [5.41, 5.74) is 4.55. The first kappa shape index (κ1) is 18.0. The monoisotopic (exact) mass is 366 g/mol. The average molecular weight is 366 g/mol. The number of alkyl halides is 3. The van der Waals surface area contributed by atoms with Gasteiger partial charge >= 0.3 is 6.18 Å². The van der Waals surface area contributed by atoms with E-state index in [1.54, 1.807) is 11.0 Å². The molecule has 0 atom stereocenters. The number of nitrogens with two attached hydrogens (primary N) is 1. The molecule has 3 rings (SSSR count). The number of piperidine rings is 1. The van der Waals surface area contributed by atoms with Crippen molar-refractivity contribution < 1.29 is 22.7 Å². The molecule has 1 saturated heterocycles. The van der Waals surface area contributed by atoms with Crippen LogP contribution in [0.15, 0.2) is 36.7 Å². The fourth-order valence-corrected chi connectivity index (χ4v) is 2.87. The Morgan fingerprint density at radius 1 is 1.19 bits per heavy atom. The highest BCUT2D eigenvalue weighted by Crippen LogP contribution is 2.36. The molecule has 26 heavy (non-hydrogen) atoms. The molecular weight excluding hydrogens is 349 g/mol. The summed E-state index contributed by atoms with van der Waals surface area (Å²) in [6.45, 7) is 0.775. The van der Waals surface area contributed by atoms with Gasteiger partial charge in [0.1, 0.15) is 23.4 Å². The number of ether oxygens (including phenoxy) is 1. The van der Waals surface area contributed by atoms with E-state index in [1.807, 2.05) is 0 Å². The molecule has 138 valence electrons. The zero-order valence-electron chi connectivity index (χ0n) is 13.7. The standard InChI is InChI=1S/C17H17F3N4O2/c18-17(19,20)13-2-1-6-23-16(13)24-8-4-11(5-9-24)26-12-3-7-22-14(10-12)15(21)25/h1-3,6-7,10-11H,4-5,8-9H2,(H2,21,25). The molecule has 1 amide bonds. The molecule has 0 bridgehead atoms. The summed E-state index contributed by atoms with van der Waals surface area (Å²) in [6, 6.07) is 5.38. The number of hydrogen-bond donors (Lipinski definition) is 1. The number of carbonyl (C=O) groups excluding carboxylic acids is 1. The third kappa shape index (κ3) is 4.04. The van der Waals surface area contributed by atoms with E-state index in [0.29, 0.717) is 31.7 Å². The molecule has 1 aliphatic rings. The first-order valence-corrected chi connectivity index (χ1v) is 8.04. The molecule has 6 nitrogen and oxygen atoms in total. The van der Waals surface area contributed by atoms with Crippen LogP contribution >= 0.6 is 0 Å². The summed E-state index contributed by atoms with van der Waals surface area (Å²) in [5.74, 6) is -0.250. The Hall–Kier alpha value is -2.84. The first-order chi connectivity index (χ1) is 12.3. The lowest BCUT2D eigenvalue weighted by Gasteiger charge is -2.34. The number of rotatable bonds is 4. The predicted octanol–water partition coefficient (Wildman–Crippen LogP) is 2.64. The minimum Gasteiger partial charge on any atom is -0.490 e. The van der Waals surface area contributed by atoms with Crippen LogP contribution in [0.5, 0.6) is 5.75 Å². The Labute approximate surface area is 147 Å². The van der Waals surface area contributed by atoms with Crippen LogP contribution in [0.4, 0.5) is 19.0 Å². The van der Waals surface area contributed by atoms with E-state index in [4.69, 9.17) is 10.5 Å². The second-order valence-corrected chi connectivity index (χ2v) is 5.92. The average Bonchev–Trinajstić information content (AvgIpc) is 2.62. The Balaban J connectivity index is 1.65. The van der Waals surface area contributed by atoms with Crippen molar-refractivity contribution in [3.63, 3.8) is 0 Å². The summed E-state index contributed by atoms with van der Waals surface area (Å²) in [4.78, 5) is 20.5. The largest absolute Gasteiger partial charge is 0.490 e. The van der Waals surface area contributed by atoms with Crippen molar-refractivity contribution in [2.24, 2.45) is 5.73 Å². The lowest BCUT2D eigenvalue weighted by atomic mass is 10.1. The zero-order chi connectivity index (χ0) is 18.7. The summed E-state index contributed by atoms with van der Waals surface area (Å²) in [7, 11) is 0. The van der Waals surface area contributed by atoms with E-state index in [-0.39, 0.29) is 17.6 Å². The third-order valence-corrected chi connectivity index (χ3v) is 4.12.